The molecule has 0 aliphatic carbocycles. The first-order valence-corrected chi connectivity index (χ1v) is 6.63. The molecule has 1 saturated heterocycles. The van der Waals surface area contributed by atoms with Gasteiger partial charge in [-0.2, -0.15) is 0 Å². The van der Waals surface area contributed by atoms with E-state index in [9.17, 15) is 9.18 Å². The Morgan fingerprint density at radius 1 is 1.25 bits per heavy atom. The van der Waals surface area contributed by atoms with Crippen LogP contribution in [0.25, 0.3) is 0 Å². The molecule has 0 spiro atoms. The highest BCUT2D eigenvalue weighted by molar-refractivity contribution is 5.30. The molecule has 6 heteroatoms. The van der Waals surface area contributed by atoms with Crippen molar-refractivity contribution in [2.45, 2.75) is 18.8 Å². The minimum atomic E-state index is -0.424. The summed E-state index contributed by atoms with van der Waals surface area (Å²) in [7, 11) is 0. The highest BCUT2D eigenvalue weighted by Crippen LogP contribution is 2.28. The largest absolute Gasteiger partial charge is 0.341 e. The molecule has 0 aromatic carbocycles. The Hall–Kier alpha value is -2.24. The molecule has 0 amide bonds. The van der Waals surface area contributed by atoms with Crippen LogP contribution in [0.2, 0.25) is 0 Å². The molecule has 0 radical (unpaired) electrons. The summed E-state index contributed by atoms with van der Waals surface area (Å²) in [6, 6.07) is 3.62. The molecule has 1 fully saturated rings. The van der Waals surface area contributed by atoms with Crippen LogP contribution >= 0.6 is 0 Å². The summed E-state index contributed by atoms with van der Waals surface area (Å²) in [5.41, 5.74) is 1.01. The lowest BCUT2D eigenvalue weighted by Crippen LogP contribution is -2.34. The van der Waals surface area contributed by atoms with E-state index in [1.165, 1.54) is 12.4 Å². The molecule has 0 bridgehead atoms. The SMILES string of the molecule is O=c1cc(C2CCN(c3ncc(F)cn3)CC2)cc[nH]1. The van der Waals surface area contributed by atoms with Crippen molar-refractivity contribution in [3.05, 3.63) is 52.5 Å². The van der Waals surface area contributed by atoms with Gasteiger partial charge < -0.3 is 9.88 Å². The highest BCUT2D eigenvalue weighted by Gasteiger charge is 2.22. The van der Waals surface area contributed by atoms with Crippen molar-refractivity contribution in [2.75, 3.05) is 18.0 Å². The van der Waals surface area contributed by atoms with Crippen molar-refractivity contribution < 1.29 is 4.39 Å². The number of rotatable bonds is 2. The van der Waals surface area contributed by atoms with Crippen molar-refractivity contribution in [3.8, 4) is 0 Å². The number of hydrogen-bond acceptors (Lipinski definition) is 4. The molecule has 1 N–H and O–H groups in total. The summed E-state index contributed by atoms with van der Waals surface area (Å²) in [6.07, 6.45) is 5.93. The minimum absolute atomic E-state index is 0.0632. The van der Waals surface area contributed by atoms with Gasteiger partial charge in [0.25, 0.3) is 0 Å². The lowest BCUT2D eigenvalue weighted by Gasteiger charge is -2.32. The Morgan fingerprint density at radius 2 is 1.95 bits per heavy atom. The highest BCUT2D eigenvalue weighted by atomic mass is 19.1. The predicted octanol–water partition coefficient (Wildman–Crippen LogP) is 1.69. The monoisotopic (exact) mass is 274 g/mol. The van der Waals surface area contributed by atoms with Gasteiger partial charge >= 0.3 is 0 Å². The number of aromatic amines is 1. The van der Waals surface area contributed by atoms with E-state index in [0.29, 0.717) is 11.9 Å². The molecule has 2 aromatic rings. The van der Waals surface area contributed by atoms with Crippen LogP contribution in [0, 0.1) is 5.82 Å². The lowest BCUT2D eigenvalue weighted by atomic mass is 9.90. The maximum absolute atomic E-state index is 12.8. The van der Waals surface area contributed by atoms with Crippen molar-refractivity contribution >= 4 is 5.95 Å². The van der Waals surface area contributed by atoms with E-state index in [2.05, 4.69) is 15.0 Å². The zero-order chi connectivity index (χ0) is 13.9. The van der Waals surface area contributed by atoms with E-state index >= 15 is 0 Å². The van der Waals surface area contributed by atoms with Crippen LogP contribution in [0.5, 0.6) is 0 Å². The molecule has 104 valence electrons. The summed E-state index contributed by atoms with van der Waals surface area (Å²) in [5.74, 6) is 0.525. The van der Waals surface area contributed by atoms with Crippen LogP contribution in [-0.4, -0.2) is 28.0 Å². The number of pyridine rings is 1. The average Bonchev–Trinajstić information content (AvgIpc) is 2.48. The predicted molar refractivity (Wildman–Crippen MR) is 73.2 cm³/mol. The van der Waals surface area contributed by atoms with E-state index in [1.807, 2.05) is 11.0 Å². The first-order valence-electron chi connectivity index (χ1n) is 6.63. The summed E-state index contributed by atoms with van der Waals surface area (Å²) in [4.78, 5) is 24.0. The van der Waals surface area contributed by atoms with Gasteiger partial charge in [-0.05, 0) is 30.4 Å². The van der Waals surface area contributed by atoms with E-state index in [1.54, 1.807) is 12.3 Å². The third-order valence-corrected chi connectivity index (χ3v) is 3.66. The van der Waals surface area contributed by atoms with Crippen LogP contribution in [0.1, 0.15) is 24.3 Å². The Bertz CT molecular complexity index is 632. The number of hydrogen-bond donors (Lipinski definition) is 1. The number of nitrogens with zero attached hydrogens (tertiary/aromatic N) is 3. The molecule has 1 aliphatic rings. The molecule has 3 rings (SSSR count). The van der Waals surface area contributed by atoms with E-state index < -0.39 is 5.82 Å². The zero-order valence-electron chi connectivity index (χ0n) is 10.9. The maximum atomic E-state index is 12.8. The summed E-state index contributed by atoms with van der Waals surface area (Å²) >= 11 is 0. The van der Waals surface area contributed by atoms with Gasteiger partial charge in [-0.15, -0.1) is 0 Å². The second-order valence-electron chi connectivity index (χ2n) is 4.95. The fraction of sp³-hybridized carbons (Fsp3) is 0.357. The summed E-state index contributed by atoms with van der Waals surface area (Å²) in [5, 5.41) is 0. The van der Waals surface area contributed by atoms with Crippen molar-refractivity contribution in [2.24, 2.45) is 0 Å². The van der Waals surface area contributed by atoms with Crippen molar-refractivity contribution in [1.82, 2.24) is 15.0 Å². The Balaban J connectivity index is 1.67. The third kappa shape index (κ3) is 2.68. The van der Waals surface area contributed by atoms with Gasteiger partial charge in [0.15, 0.2) is 5.82 Å². The van der Waals surface area contributed by atoms with Gasteiger partial charge in [-0.25, -0.2) is 14.4 Å². The number of anilines is 1. The van der Waals surface area contributed by atoms with Gasteiger partial charge in [0.1, 0.15) is 0 Å². The zero-order valence-corrected chi connectivity index (χ0v) is 10.9. The molecule has 0 saturated carbocycles. The third-order valence-electron chi connectivity index (χ3n) is 3.66. The summed E-state index contributed by atoms with van der Waals surface area (Å²) in [6.45, 7) is 1.62. The number of halogens is 1. The fourth-order valence-electron chi connectivity index (χ4n) is 2.60. The molecule has 2 aromatic heterocycles. The minimum Gasteiger partial charge on any atom is -0.341 e. The Morgan fingerprint density at radius 3 is 2.60 bits per heavy atom. The first kappa shape index (κ1) is 12.8. The maximum Gasteiger partial charge on any atom is 0.248 e. The molecule has 0 unspecified atom stereocenters. The van der Waals surface area contributed by atoms with Gasteiger partial charge in [0.05, 0.1) is 12.4 Å². The van der Waals surface area contributed by atoms with Crippen LogP contribution < -0.4 is 10.5 Å². The molecule has 5 nitrogen and oxygen atoms in total. The Labute approximate surface area is 115 Å². The molecular weight excluding hydrogens is 259 g/mol. The number of nitrogens with one attached hydrogen (secondary N) is 1. The normalized spacial score (nSPS) is 16.4. The first-order chi connectivity index (χ1) is 9.72. The van der Waals surface area contributed by atoms with E-state index in [0.717, 1.165) is 31.5 Å². The molecule has 3 heterocycles. The van der Waals surface area contributed by atoms with Gasteiger partial charge in [-0.1, -0.05) is 0 Å². The molecule has 1 aliphatic heterocycles. The average molecular weight is 274 g/mol. The van der Waals surface area contributed by atoms with Crippen LogP contribution in [-0.2, 0) is 0 Å². The quantitative estimate of drug-likeness (QED) is 0.905. The van der Waals surface area contributed by atoms with Crippen LogP contribution in [0.3, 0.4) is 0 Å². The summed E-state index contributed by atoms with van der Waals surface area (Å²) < 4.78 is 12.8. The van der Waals surface area contributed by atoms with E-state index in [4.69, 9.17) is 0 Å². The van der Waals surface area contributed by atoms with Crippen molar-refractivity contribution in [3.63, 3.8) is 0 Å². The number of H-pyrrole nitrogens is 1. The second kappa shape index (κ2) is 5.40. The molecule has 0 atom stereocenters. The standard InChI is InChI=1S/C14H15FN4O/c15-12-8-17-14(18-9-12)19-5-2-10(3-6-19)11-1-4-16-13(20)7-11/h1,4,7-10H,2-3,5-6H2,(H,16,20). The fourth-order valence-corrected chi connectivity index (χ4v) is 2.60. The van der Waals surface area contributed by atoms with Crippen LogP contribution in [0.15, 0.2) is 35.5 Å². The smallest absolute Gasteiger partial charge is 0.248 e. The topological polar surface area (TPSA) is 61.9 Å². The number of aromatic nitrogens is 3. The molecular formula is C14H15FN4O. The van der Waals surface area contributed by atoms with Gasteiger partial charge in [0.2, 0.25) is 11.5 Å². The van der Waals surface area contributed by atoms with Gasteiger partial charge in [0, 0.05) is 25.4 Å². The molecule has 20 heavy (non-hydrogen) atoms. The second-order valence-corrected chi connectivity index (χ2v) is 4.95. The van der Waals surface area contributed by atoms with Crippen LogP contribution in [0.4, 0.5) is 10.3 Å². The van der Waals surface area contributed by atoms with Crippen molar-refractivity contribution in [1.29, 1.82) is 0 Å². The lowest BCUT2D eigenvalue weighted by molar-refractivity contribution is 0.497. The van der Waals surface area contributed by atoms with Gasteiger partial charge in [-0.3, -0.25) is 4.79 Å². The van der Waals surface area contributed by atoms with E-state index in [-0.39, 0.29) is 5.56 Å². The number of piperidine rings is 1. The Kier molecular flexibility index (Phi) is 3.45.